The smallest absolute Gasteiger partial charge is 0.239 e. The second-order valence-electron chi connectivity index (χ2n) is 11.9. The lowest BCUT2D eigenvalue weighted by Crippen LogP contribution is -2.61. The summed E-state index contributed by atoms with van der Waals surface area (Å²) in [5, 5.41) is 101. The number of hydrogen-bond donors (Lipinski definition) is 10. The van der Waals surface area contributed by atoms with E-state index in [9.17, 15) is 55.9 Å². The molecule has 2 aliphatic heterocycles. The molecule has 2 aliphatic rings. The van der Waals surface area contributed by atoms with E-state index in [0.29, 0.717) is 0 Å². The Morgan fingerprint density at radius 2 is 1.41 bits per heavy atom. The molecule has 0 spiro atoms. The van der Waals surface area contributed by atoms with Gasteiger partial charge in [0.1, 0.15) is 65.2 Å². The van der Waals surface area contributed by atoms with E-state index in [4.69, 9.17) is 23.4 Å². The molecule has 0 bridgehead atoms. The Balaban J connectivity index is 0.000000556. The molecule has 51 heavy (non-hydrogen) atoms. The van der Waals surface area contributed by atoms with Gasteiger partial charge < -0.3 is 74.4 Å². The molecule has 16 heteroatoms. The Labute approximate surface area is 289 Å². The first kappa shape index (κ1) is 37.5. The highest BCUT2D eigenvalue weighted by molar-refractivity contribution is 5.88. The highest BCUT2D eigenvalue weighted by Gasteiger charge is 2.48. The fraction of sp³-hybridized carbons (Fsp3) is 0.343. The molecule has 6 rings (SSSR count). The van der Waals surface area contributed by atoms with Crippen LogP contribution in [0.3, 0.4) is 0 Å². The van der Waals surface area contributed by atoms with Gasteiger partial charge in [-0.1, -0.05) is 43.0 Å². The maximum atomic E-state index is 13.6. The zero-order valence-corrected chi connectivity index (χ0v) is 27.0. The van der Waals surface area contributed by atoms with Gasteiger partial charge >= 0.3 is 0 Å². The van der Waals surface area contributed by atoms with Crippen molar-refractivity contribution in [3.8, 4) is 40.1 Å². The monoisotopic (exact) mass is 714 g/mol. The molecule has 1 aromatic heterocycles. The zero-order valence-electron chi connectivity index (χ0n) is 27.0. The van der Waals surface area contributed by atoms with Crippen LogP contribution < -0.4 is 10.2 Å². The second kappa shape index (κ2) is 15.6. The number of hydrogen-bond acceptors (Lipinski definition) is 16. The first-order valence-corrected chi connectivity index (χ1v) is 15.6. The number of rotatable bonds is 7. The van der Waals surface area contributed by atoms with Gasteiger partial charge in [-0.25, -0.2) is 0 Å². The molecular weight excluding hydrogens is 676 g/mol. The number of phenolic OH excluding ortho intramolecular Hbond substituents is 4. The summed E-state index contributed by atoms with van der Waals surface area (Å²) in [6.45, 7) is 4.45. The molecular formula is C35H38O16. The first-order valence-electron chi connectivity index (χ1n) is 15.6. The van der Waals surface area contributed by atoms with Crippen molar-refractivity contribution >= 4 is 17.0 Å². The van der Waals surface area contributed by atoms with E-state index in [1.54, 1.807) is 0 Å². The highest BCUT2D eigenvalue weighted by Crippen LogP contribution is 2.39. The Bertz CT molecular complexity index is 1880. The molecule has 4 aromatic rings. The number of aliphatic hydroxyl groups is 6. The number of aliphatic hydroxyl groups excluding tert-OH is 6. The molecule has 0 saturated carbocycles. The number of benzene rings is 3. The molecule has 10 unspecified atom stereocenters. The van der Waals surface area contributed by atoms with Gasteiger partial charge in [-0.05, 0) is 30.7 Å². The van der Waals surface area contributed by atoms with E-state index < -0.39 is 113 Å². The van der Waals surface area contributed by atoms with Gasteiger partial charge in [0.2, 0.25) is 17.5 Å². The Morgan fingerprint density at radius 1 is 0.745 bits per heavy atom. The van der Waals surface area contributed by atoms with Crippen LogP contribution in [-0.2, 0) is 14.2 Å². The molecule has 2 saturated heterocycles. The van der Waals surface area contributed by atoms with Crippen molar-refractivity contribution in [3.05, 3.63) is 83.0 Å². The van der Waals surface area contributed by atoms with E-state index in [-0.39, 0.29) is 11.1 Å². The van der Waals surface area contributed by atoms with Crippen LogP contribution in [0.5, 0.6) is 28.7 Å². The molecule has 0 radical (unpaired) electrons. The molecule has 16 nitrogen and oxygen atoms in total. The van der Waals surface area contributed by atoms with Crippen LogP contribution in [-0.4, -0.2) is 119 Å². The van der Waals surface area contributed by atoms with E-state index in [0.717, 1.165) is 24.3 Å². The maximum Gasteiger partial charge on any atom is 0.239 e. The van der Waals surface area contributed by atoms with Crippen LogP contribution >= 0.6 is 0 Å². The van der Waals surface area contributed by atoms with Gasteiger partial charge in [-0.3, -0.25) is 4.79 Å². The Morgan fingerprint density at radius 3 is 2.06 bits per heavy atom. The normalized spacial score (nSPS) is 29.2. The summed E-state index contributed by atoms with van der Waals surface area (Å²) in [6, 6.07) is 15.3. The molecule has 0 amide bonds. The Hall–Kier alpha value is -4.75. The standard InChI is InChI=1S/C27H30O16.C8H8/c1-8-17(32)20(35)22(37)26(40-8)39-7-15-18(33)21(36)23(38)27(42-15)43-25-19(34)16-13(31)5-10(28)6-14(16)41-24(25)9-2-3-11(29)12(30)4-9;1-2-8-6-4-3-5-7-8/h2-6,8,15,17-18,20-23,26-33,35-38H,7H2,1H3;2-7H,1H2. The molecule has 0 aliphatic carbocycles. The van der Waals surface area contributed by atoms with Gasteiger partial charge in [-0.15, -0.1) is 0 Å². The van der Waals surface area contributed by atoms with Gasteiger partial charge in [0.25, 0.3) is 0 Å². The van der Waals surface area contributed by atoms with Crippen molar-refractivity contribution in [2.24, 2.45) is 0 Å². The SMILES string of the molecule is C=Cc1ccccc1.CC1OC(OCC2OC(Oc3c(-c4ccc(O)c(O)c4)oc4cc(O)cc(O)c4c3=O)C(O)C(O)C2O)C(O)C(O)C1O. The van der Waals surface area contributed by atoms with Crippen LogP contribution in [0.2, 0.25) is 0 Å². The lowest BCUT2D eigenvalue weighted by Gasteiger charge is -2.42. The summed E-state index contributed by atoms with van der Waals surface area (Å²) in [6.07, 6.45) is -14.3. The van der Waals surface area contributed by atoms with Crippen molar-refractivity contribution in [3.63, 3.8) is 0 Å². The zero-order chi connectivity index (χ0) is 37.1. The van der Waals surface area contributed by atoms with Crippen LogP contribution in [0.25, 0.3) is 28.4 Å². The topological polar surface area (TPSA) is 269 Å². The molecule has 274 valence electrons. The quantitative estimate of drug-likeness (QED) is 0.118. The fourth-order valence-electron chi connectivity index (χ4n) is 5.43. The maximum absolute atomic E-state index is 13.6. The molecule has 2 fully saturated rings. The van der Waals surface area contributed by atoms with E-state index in [1.807, 2.05) is 36.4 Å². The lowest BCUT2D eigenvalue weighted by molar-refractivity contribution is -0.318. The molecule has 3 heterocycles. The van der Waals surface area contributed by atoms with Gasteiger partial charge in [-0.2, -0.15) is 0 Å². The largest absolute Gasteiger partial charge is 0.508 e. The summed E-state index contributed by atoms with van der Waals surface area (Å²) in [4.78, 5) is 13.6. The van der Waals surface area contributed by atoms with Crippen molar-refractivity contribution in [2.45, 2.75) is 68.3 Å². The minimum absolute atomic E-state index is 0.0313. The first-order chi connectivity index (χ1) is 24.2. The van der Waals surface area contributed by atoms with Crippen LogP contribution in [0.15, 0.2) is 76.5 Å². The second-order valence-corrected chi connectivity index (χ2v) is 11.9. The molecule has 10 N–H and O–H groups in total. The van der Waals surface area contributed by atoms with Crippen molar-refractivity contribution in [1.82, 2.24) is 0 Å². The average Bonchev–Trinajstić information content (AvgIpc) is 3.11. The summed E-state index contributed by atoms with van der Waals surface area (Å²) in [7, 11) is 0. The summed E-state index contributed by atoms with van der Waals surface area (Å²) in [5.41, 5.74) is -0.175. The third kappa shape index (κ3) is 7.94. The predicted octanol–water partition coefficient (Wildman–Crippen LogP) is 0.642. The minimum Gasteiger partial charge on any atom is -0.508 e. The van der Waals surface area contributed by atoms with Crippen molar-refractivity contribution < 1.29 is 74.4 Å². The Kier molecular flexibility index (Phi) is 11.5. The molecule has 10 atom stereocenters. The van der Waals surface area contributed by atoms with Gasteiger partial charge in [0.15, 0.2) is 23.5 Å². The number of ether oxygens (including phenoxy) is 4. The summed E-state index contributed by atoms with van der Waals surface area (Å²) < 4.78 is 27.8. The lowest BCUT2D eigenvalue weighted by atomic mass is 9.98. The van der Waals surface area contributed by atoms with E-state index >= 15 is 0 Å². The van der Waals surface area contributed by atoms with Crippen molar-refractivity contribution in [2.75, 3.05) is 6.61 Å². The number of aromatic hydroxyl groups is 4. The summed E-state index contributed by atoms with van der Waals surface area (Å²) >= 11 is 0. The third-order valence-electron chi connectivity index (χ3n) is 8.33. The van der Waals surface area contributed by atoms with Crippen LogP contribution in [0.4, 0.5) is 0 Å². The average molecular weight is 715 g/mol. The van der Waals surface area contributed by atoms with Crippen LogP contribution in [0.1, 0.15) is 12.5 Å². The predicted molar refractivity (Wildman–Crippen MR) is 177 cm³/mol. The molecule has 3 aromatic carbocycles. The van der Waals surface area contributed by atoms with Crippen LogP contribution in [0, 0.1) is 0 Å². The summed E-state index contributed by atoms with van der Waals surface area (Å²) in [5.74, 6) is -3.33. The van der Waals surface area contributed by atoms with Gasteiger partial charge in [0, 0.05) is 17.7 Å². The fourth-order valence-corrected chi connectivity index (χ4v) is 5.43. The van der Waals surface area contributed by atoms with Gasteiger partial charge in [0.05, 0.1) is 12.7 Å². The minimum atomic E-state index is -1.97. The van der Waals surface area contributed by atoms with E-state index in [1.165, 1.54) is 18.6 Å². The highest BCUT2D eigenvalue weighted by atomic mass is 16.7. The third-order valence-corrected chi connectivity index (χ3v) is 8.33. The number of fused-ring (bicyclic) bond motifs is 1. The number of phenols is 4. The van der Waals surface area contributed by atoms with Crippen molar-refractivity contribution in [1.29, 1.82) is 0 Å². The van der Waals surface area contributed by atoms with E-state index in [2.05, 4.69) is 6.58 Å².